The van der Waals surface area contributed by atoms with E-state index in [9.17, 15) is 20.0 Å². The van der Waals surface area contributed by atoms with E-state index in [1.54, 1.807) is 0 Å². The number of benzene rings is 1. The van der Waals surface area contributed by atoms with Crippen molar-refractivity contribution in [2.24, 2.45) is 0 Å². The van der Waals surface area contributed by atoms with Crippen molar-refractivity contribution < 1.29 is 44.4 Å². The number of nitrogen functional groups attached to an aromatic ring is 1. The van der Waals surface area contributed by atoms with Crippen molar-refractivity contribution in [1.29, 1.82) is 0 Å². The molecule has 0 fully saturated rings. The van der Waals surface area contributed by atoms with Crippen LogP contribution in [0.1, 0.15) is 10.4 Å². The van der Waals surface area contributed by atoms with Crippen molar-refractivity contribution >= 4 is 17.3 Å². The molecule has 0 heterocycles. The molecule has 2 N–H and O–H groups in total. The second-order valence-electron chi connectivity index (χ2n) is 2.28. The third kappa shape index (κ3) is 2.44. The molecular formula is C7H5N2NaO4. The first kappa shape index (κ1) is 12.9. The molecule has 0 atom stereocenters. The van der Waals surface area contributed by atoms with E-state index in [0.717, 1.165) is 12.1 Å². The summed E-state index contributed by atoms with van der Waals surface area (Å²) in [5.41, 5.74) is 4.05. The second-order valence-corrected chi connectivity index (χ2v) is 2.28. The molecule has 0 bridgehead atoms. The minimum atomic E-state index is -1.53. The Labute approximate surface area is 101 Å². The summed E-state index contributed by atoms with van der Waals surface area (Å²) in [6, 6.07) is 3.51. The van der Waals surface area contributed by atoms with Gasteiger partial charge >= 0.3 is 29.6 Å². The number of carbonyl (C=O) groups excluding carboxylic acids is 1. The average Bonchev–Trinajstić information content (AvgIpc) is 2.03. The normalized spacial score (nSPS) is 8.86. The van der Waals surface area contributed by atoms with Crippen molar-refractivity contribution in [2.75, 3.05) is 5.73 Å². The van der Waals surface area contributed by atoms with Crippen LogP contribution in [0, 0.1) is 10.1 Å². The van der Waals surface area contributed by atoms with E-state index >= 15 is 0 Å². The van der Waals surface area contributed by atoms with Crippen LogP contribution >= 0.6 is 0 Å². The Morgan fingerprint density at radius 3 is 2.43 bits per heavy atom. The van der Waals surface area contributed by atoms with Crippen LogP contribution in [0.3, 0.4) is 0 Å². The van der Waals surface area contributed by atoms with Gasteiger partial charge in [-0.05, 0) is 0 Å². The van der Waals surface area contributed by atoms with Gasteiger partial charge in [0.25, 0.3) is 5.69 Å². The number of aromatic carboxylic acids is 1. The van der Waals surface area contributed by atoms with E-state index in [0.29, 0.717) is 0 Å². The Bertz CT molecular complexity index is 348. The Hall–Kier alpha value is -1.11. The van der Waals surface area contributed by atoms with E-state index < -0.39 is 16.6 Å². The summed E-state index contributed by atoms with van der Waals surface area (Å²) in [7, 11) is 0. The molecular weight excluding hydrogens is 199 g/mol. The molecule has 0 radical (unpaired) electrons. The van der Waals surface area contributed by atoms with E-state index in [2.05, 4.69) is 0 Å². The van der Waals surface area contributed by atoms with Gasteiger partial charge in [0, 0.05) is 11.6 Å². The van der Waals surface area contributed by atoms with Gasteiger partial charge in [0.1, 0.15) is 5.69 Å². The monoisotopic (exact) mass is 204 g/mol. The number of rotatable bonds is 2. The molecule has 0 aliphatic carbocycles. The molecule has 1 rings (SSSR count). The van der Waals surface area contributed by atoms with Crippen LogP contribution in [0.5, 0.6) is 0 Å². The van der Waals surface area contributed by atoms with Crippen molar-refractivity contribution in [3.8, 4) is 0 Å². The summed E-state index contributed by atoms with van der Waals surface area (Å²) >= 11 is 0. The number of hydrogen-bond donors (Lipinski definition) is 1. The van der Waals surface area contributed by atoms with Crippen molar-refractivity contribution in [1.82, 2.24) is 0 Å². The van der Waals surface area contributed by atoms with Gasteiger partial charge in [-0.2, -0.15) is 0 Å². The Morgan fingerprint density at radius 1 is 1.43 bits per heavy atom. The van der Waals surface area contributed by atoms with E-state index in [1.165, 1.54) is 6.07 Å². The largest absolute Gasteiger partial charge is 1.00 e. The van der Waals surface area contributed by atoms with Crippen molar-refractivity contribution in [3.05, 3.63) is 33.9 Å². The number of anilines is 1. The summed E-state index contributed by atoms with van der Waals surface area (Å²) in [5, 5.41) is 20.7. The van der Waals surface area contributed by atoms with Crippen LogP contribution in [0.25, 0.3) is 0 Å². The predicted molar refractivity (Wildman–Crippen MR) is 41.8 cm³/mol. The number of nitro groups is 1. The summed E-state index contributed by atoms with van der Waals surface area (Å²) in [6.45, 7) is 0. The van der Waals surface area contributed by atoms with Gasteiger partial charge in [-0.15, -0.1) is 0 Å². The van der Waals surface area contributed by atoms with Gasteiger partial charge in [0.2, 0.25) is 0 Å². The molecule has 1 aromatic rings. The van der Waals surface area contributed by atoms with Gasteiger partial charge in [0.05, 0.1) is 10.9 Å². The molecule has 7 heteroatoms. The minimum Gasteiger partial charge on any atom is -0.545 e. The Morgan fingerprint density at radius 2 is 2.00 bits per heavy atom. The van der Waals surface area contributed by atoms with Crippen molar-refractivity contribution in [2.45, 2.75) is 0 Å². The molecule has 1 aromatic carbocycles. The Balaban J connectivity index is 0.00000169. The number of carbonyl (C=O) groups is 1. The van der Waals surface area contributed by atoms with E-state index in [4.69, 9.17) is 5.73 Å². The fourth-order valence-corrected chi connectivity index (χ4v) is 0.890. The van der Waals surface area contributed by atoms with Crippen LogP contribution in [0.15, 0.2) is 18.2 Å². The summed E-state index contributed by atoms with van der Waals surface area (Å²) in [5.74, 6) is -1.53. The number of carboxylic acid groups (broad SMARTS) is 1. The number of para-hydroxylation sites is 1. The number of nitro benzene ring substituents is 1. The maximum absolute atomic E-state index is 10.4. The quantitative estimate of drug-likeness (QED) is 0.233. The molecule has 0 saturated carbocycles. The zero-order chi connectivity index (χ0) is 10.0. The van der Waals surface area contributed by atoms with Crippen LogP contribution in [0.4, 0.5) is 11.4 Å². The first-order valence-corrected chi connectivity index (χ1v) is 3.28. The summed E-state index contributed by atoms with van der Waals surface area (Å²) < 4.78 is 0. The molecule has 68 valence electrons. The van der Waals surface area contributed by atoms with E-state index in [1.807, 2.05) is 0 Å². The number of nitrogens with two attached hydrogens (primary N) is 1. The third-order valence-electron chi connectivity index (χ3n) is 1.50. The van der Waals surface area contributed by atoms with Crippen LogP contribution in [-0.4, -0.2) is 10.9 Å². The first-order chi connectivity index (χ1) is 6.04. The fraction of sp³-hybridized carbons (Fsp3) is 0. The number of nitrogens with zero attached hydrogens (tertiary/aromatic N) is 1. The molecule has 0 spiro atoms. The molecule has 0 aromatic heterocycles. The van der Waals surface area contributed by atoms with Crippen molar-refractivity contribution in [3.63, 3.8) is 0 Å². The van der Waals surface area contributed by atoms with E-state index in [-0.39, 0.29) is 40.8 Å². The summed E-state index contributed by atoms with van der Waals surface area (Å²) in [6.07, 6.45) is 0. The second kappa shape index (κ2) is 4.94. The standard InChI is InChI=1S/C7H6N2O4.Na/c8-6-4(7(10)11)2-1-3-5(6)9(12)13;/h1-3H,8H2,(H,10,11);/q;+1/p-1. The van der Waals surface area contributed by atoms with Gasteiger partial charge in [-0.1, -0.05) is 12.1 Å². The minimum absolute atomic E-state index is 0. The first-order valence-electron chi connectivity index (χ1n) is 3.28. The van der Waals surface area contributed by atoms with Crippen LogP contribution in [0.2, 0.25) is 0 Å². The molecule has 0 saturated heterocycles. The fourth-order valence-electron chi connectivity index (χ4n) is 0.890. The van der Waals surface area contributed by atoms with Gasteiger partial charge in [-0.25, -0.2) is 0 Å². The predicted octanol–water partition coefficient (Wildman–Crippen LogP) is -3.46. The van der Waals surface area contributed by atoms with Gasteiger partial charge < -0.3 is 15.6 Å². The maximum Gasteiger partial charge on any atom is 1.00 e. The molecule has 14 heavy (non-hydrogen) atoms. The zero-order valence-electron chi connectivity index (χ0n) is 7.39. The number of hydrogen-bond acceptors (Lipinski definition) is 5. The zero-order valence-corrected chi connectivity index (χ0v) is 9.39. The average molecular weight is 204 g/mol. The maximum atomic E-state index is 10.4. The van der Waals surface area contributed by atoms with Gasteiger partial charge in [0.15, 0.2) is 0 Å². The molecule has 6 nitrogen and oxygen atoms in total. The molecule has 0 aliphatic rings. The molecule has 0 unspecified atom stereocenters. The SMILES string of the molecule is Nc1c(C(=O)[O-])cccc1[N+](=O)[O-].[Na+]. The molecule has 0 amide bonds. The third-order valence-corrected chi connectivity index (χ3v) is 1.50. The Kier molecular flexibility index (Phi) is 4.55. The number of carboxylic acids is 1. The van der Waals surface area contributed by atoms with Crippen LogP contribution < -0.4 is 40.4 Å². The summed E-state index contributed by atoms with van der Waals surface area (Å²) in [4.78, 5) is 19.9. The molecule has 0 aliphatic heterocycles. The topological polar surface area (TPSA) is 109 Å². The van der Waals surface area contributed by atoms with Gasteiger partial charge in [-0.3, -0.25) is 10.1 Å². The van der Waals surface area contributed by atoms with Crippen LogP contribution in [-0.2, 0) is 0 Å². The smallest absolute Gasteiger partial charge is 0.545 e.